The van der Waals surface area contributed by atoms with Crippen LogP contribution in [0, 0.1) is 0 Å². The van der Waals surface area contributed by atoms with Crippen molar-refractivity contribution in [3.8, 4) is 0 Å². The summed E-state index contributed by atoms with van der Waals surface area (Å²) >= 11 is 3.05. The SMILES string of the molecule is CCc1cccc(NC(=O)CC(=O)CBr)c1CC. The highest BCUT2D eigenvalue weighted by Crippen LogP contribution is 2.21. The number of amides is 1. The van der Waals surface area contributed by atoms with E-state index in [9.17, 15) is 9.59 Å². The van der Waals surface area contributed by atoms with Crippen LogP contribution in [0.2, 0.25) is 0 Å². The zero-order valence-corrected chi connectivity index (χ0v) is 12.3. The number of halogens is 1. The predicted octanol–water partition coefficient (Wildman–Crippen LogP) is 3.10. The molecule has 0 aliphatic carbocycles. The third kappa shape index (κ3) is 3.95. The van der Waals surface area contributed by atoms with Crippen molar-refractivity contribution >= 4 is 33.3 Å². The molecule has 1 aromatic rings. The molecule has 0 aromatic heterocycles. The number of carbonyl (C=O) groups is 2. The van der Waals surface area contributed by atoms with Gasteiger partial charge in [0.15, 0.2) is 5.78 Å². The molecule has 0 fully saturated rings. The van der Waals surface area contributed by atoms with E-state index in [1.807, 2.05) is 12.1 Å². The van der Waals surface area contributed by atoms with Gasteiger partial charge >= 0.3 is 0 Å². The summed E-state index contributed by atoms with van der Waals surface area (Å²) in [6.45, 7) is 4.16. The summed E-state index contributed by atoms with van der Waals surface area (Å²) in [6, 6.07) is 5.88. The summed E-state index contributed by atoms with van der Waals surface area (Å²) in [6.07, 6.45) is 1.73. The molecule has 0 aliphatic rings. The number of anilines is 1. The van der Waals surface area contributed by atoms with Gasteiger partial charge in [-0.15, -0.1) is 0 Å². The average Bonchev–Trinajstić information content (AvgIpc) is 2.37. The standard InChI is InChI=1S/C14H18BrNO2/c1-3-10-6-5-7-13(12(10)4-2)16-14(18)8-11(17)9-15/h5-7H,3-4,8-9H2,1-2H3,(H,16,18). The van der Waals surface area contributed by atoms with E-state index in [-0.39, 0.29) is 23.4 Å². The molecule has 0 heterocycles. The molecule has 0 aliphatic heterocycles. The van der Waals surface area contributed by atoms with Crippen molar-refractivity contribution in [1.29, 1.82) is 0 Å². The quantitative estimate of drug-likeness (QED) is 0.648. The summed E-state index contributed by atoms with van der Waals surface area (Å²) in [5.74, 6) is -0.361. The van der Waals surface area contributed by atoms with Gasteiger partial charge in [0.25, 0.3) is 0 Å². The molecule has 0 saturated carbocycles. The Bertz CT molecular complexity index is 443. The molecular weight excluding hydrogens is 294 g/mol. The summed E-state index contributed by atoms with van der Waals surface area (Å²) in [4.78, 5) is 22.9. The molecule has 1 rings (SSSR count). The Hall–Kier alpha value is -1.16. The van der Waals surface area contributed by atoms with Crippen molar-refractivity contribution in [2.45, 2.75) is 33.1 Å². The van der Waals surface area contributed by atoms with Crippen LogP contribution in [0.25, 0.3) is 0 Å². The van der Waals surface area contributed by atoms with E-state index < -0.39 is 0 Å². The maximum atomic E-state index is 11.7. The van der Waals surface area contributed by atoms with Gasteiger partial charge in [-0.2, -0.15) is 0 Å². The van der Waals surface area contributed by atoms with Crippen molar-refractivity contribution in [3.05, 3.63) is 29.3 Å². The Kier molecular flexibility index (Phi) is 6.05. The first kappa shape index (κ1) is 14.9. The first-order valence-electron chi connectivity index (χ1n) is 6.10. The van der Waals surface area contributed by atoms with Crippen molar-refractivity contribution in [2.75, 3.05) is 10.6 Å². The lowest BCUT2D eigenvalue weighted by molar-refractivity contribution is -0.123. The fraction of sp³-hybridized carbons (Fsp3) is 0.429. The van der Waals surface area contributed by atoms with E-state index in [4.69, 9.17) is 0 Å². The second-order valence-electron chi connectivity index (χ2n) is 4.05. The number of aryl methyl sites for hydroxylation is 1. The molecule has 1 amide bonds. The molecule has 1 N–H and O–H groups in total. The highest BCUT2D eigenvalue weighted by Gasteiger charge is 2.11. The molecule has 3 nitrogen and oxygen atoms in total. The van der Waals surface area contributed by atoms with Crippen LogP contribution in [0.4, 0.5) is 5.69 Å². The van der Waals surface area contributed by atoms with E-state index >= 15 is 0 Å². The van der Waals surface area contributed by atoms with Gasteiger partial charge in [0.2, 0.25) is 5.91 Å². The van der Waals surface area contributed by atoms with Crippen LogP contribution < -0.4 is 5.32 Å². The van der Waals surface area contributed by atoms with Crippen molar-refractivity contribution in [3.63, 3.8) is 0 Å². The molecule has 0 radical (unpaired) electrons. The van der Waals surface area contributed by atoms with Gasteiger partial charge in [-0.25, -0.2) is 0 Å². The van der Waals surface area contributed by atoms with Crippen LogP contribution in [-0.2, 0) is 22.4 Å². The predicted molar refractivity (Wildman–Crippen MR) is 77.2 cm³/mol. The zero-order chi connectivity index (χ0) is 13.5. The minimum Gasteiger partial charge on any atom is -0.325 e. The lowest BCUT2D eigenvalue weighted by atomic mass is 10.0. The fourth-order valence-electron chi connectivity index (χ4n) is 1.92. The summed E-state index contributed by atoms with van der Waals surface area (Å²) < 4.78 is 0. The van der Waals surface area contributed by atoms with Crippen LogP contribution >= 0.6 is 15.9 Å². The lowest BCUT2D eigenvalue weighted by Gasteiger charge is -2.13. The smallest absolute Gasteiger partial charge is 0.231 e. The molecule has 0 saturated heterocycles. The van der Waals surface area contributed by atoms with Gasteiger partial charge < -0.3 is 5.32 Å². The van der Waals surface area contributed by atoms with E-state index in [0.29, 0.717) is 0 Å². The first-order valence-corrected chi connectivity index (χ1v) is 7.22. The van der Waals surface area contributed by atoms with Gasteiger partial charge in [-0.3, -0.25) is 9.59 Å². The number of benzene rings is 1. The normalized spacial score (nSPS) is 10.2. The van der Waals surface area contributed by atoms with Crippen LogP contribution in [0.15, 0.2) is 18.2 Å². The number of hydrogen-bond acceptors (Lipinski definition) is 2. The second kappa shape index (κ2) is 7.31. The lowest BCUT2D eigenvalue weighted by Crippen LogP contribution is -2.18. The molecule has 98 valence electrons. The Morgan fingerprint density at radius 1 is 1.22 bits per heavy atom. The largest absolute Gasteiger partial charge is 0.325 e. The third-order valence-corrected chi connectivity index (χ3v) is 3.41. The molecule has 0 bridgehead atoms. The number of hydrogen-bond donors (Lipinski definition) is 1. The minimum atomic E-state index is -0.248. The van der Waals surface area contributed by atoms with Gasteiger partial charge in [0, 0.05) is 5.69 Å². The number of ketones is 1. The fourth-order valence-corrected chi connectivity index (χ4v) is 2.12. The molecule has 0 unspecified atom stereocenters. The molecule has 0 atom stereocenters. The van der Waals surface area contributed by atoms with Crippen LogP contribution in [-0.4, -0.2) is 17.0 Å². The third-order valence-electron chi connectivity index (χ3n) is 2.79. The maximum absolute atomic E-state index is 11.7. The number of rotatable bonds is 6. The summed E-state index contributed by atoms with van der Waals surface area (Å²) in [5.41, 5.74) is 3.21. The molecule has 18 heavy (non-hydrogen) atoms. The number of carbonyl (C=O) groups excluding carboxylic acids is 2. The second-order valence-corrected chi connectivity index (χ2v) is 4.61. The Labute approximate surface area is 116 Å². The van der Waals surface area contributed by atoms with Crippen LogP contribution in [0.1, 0.15) is 31.4 Å². The Balaban J connectivity index is 2.84. The van der Waals surface area contributed by atoms with Gasteiger partial charge in [0.1, 0.15) is 0 Å². The first-order chi connectivity index (χ1) is 8.62. The molecule has 1 aromatic carbocycles. The van der Waals surface area contributed by atoms with Gasteiger partial charge in [-0.1, -0.05) is 41.9 Å². The Morgan fingerprint density at radius 3 is 2.50 bits per heavy atom. The van der Waals surface area contributed by atoms with Crippen molar-refractivity contribution in [2.24, 2.45) is 0 Å². The van der Waals surface area contributed by atoms with Crippen LogP contribution in [0.5, 0.6) is 0 Å². The number of Topliss-reactive ketones (excluding diaryl/α,β-unsaturated/α-hetero) is 1. The van der Waals surface area contributed by atoms with E-state index in [2.05, 4.69) is 41.2 Å². The Morgan fingerprint density at radius 2 is 1.94 bits per heavy atom. The average molecular weight is 312 g/mol. The number of alkyl halides is 1. The van der Waals surface area contributed by atoms with E-state index in [1.165, 1.54) is 5.56 Å². The highest BCUT2D eigenvalue weighted by molar-refractivity contribution is 9.09. The van der Waals surface area contributed by atoms with E-state index in [0.717, 1.165) is 24.1 Å². The molecule has 0 spiro atoms. The molecule has 4 heteroatoms. The van der Waals surface area contributed by atoms with Gasteiger partial charge in [0.05, 0.1) is 11.8 Å². The molecular formula is C14H18BrNO2. The zero-order valence-electron chi connectivity index (χ0n) is 10.8. The monoisotopic (exact) mass is 311 g/mol. The topological polar surface area (TPSA) is 46.2 Å². The van der Waals surface area contributed by atoms with Gasteiger partial charge in [-0.05, 0) is 30.0 Å². The highest BCUT2D eigenvalue weighted by atomic mass is 79.9. The minimum absolute atomic E-state index is 0.0786. The van der Waals surface area contributed by atoms with E-state index in [1.54, 1.807) is 0 Å². The summed E-state index contributed by atoms with van der Waals surface area (Å²) in [7, 11) is 0. The summed E-state index contributed by atoms with van der Waals surface area (Å²) in [5, 5.41) is 3.04. The number of nitrogens with one attached hydrogen (secondary N) is 1. The van der Waals surface area contributed by atoms with Crippen molar-refractivity contribution < 1.29 is 9.59 Å². The van der Waals surface area contributed by atoms with Crippen molar-refractivity contribution in [1.82, 2.24) is 0 Å². The van der Waals surface area contributed by atoms with Crippen LogP contribution in [0.3, 0.4) is 0 Å². The maximum Gasteiger partial charge on any atom is 0.231 e.